The van der Waals surface area contributed by atoms with Gasteiger partial charge in [0.2, 0.25) is 5.91 Å². The maximum atomic E-state index is 11.3. The van der Waals surface area contributed by atoms with Crippen molar-refractivity contribution in [2.45, 2.75) is 5.92 Å². The van der Waals surface area contributed by atoms with E-state index in [2.05, 4.69) is 23.1 Å². The summed E-state index contributed by atoms with van der Waals surface area (Å²) in [5, 5.41) is 0. The van der Waals surface area contributed by atoms with E-state index in [4.69, 9.17) is 5.73 Å². The number of nitrogens with zero attached hydrogens (tertiary/aromatic N) is 1. The number of carbonyl (C=O) groups excluding carboxylic acids is 1. The molecule has 0 saturated heterocycles. The molecule has 0 bridgehead atoms. The minimum absolute atomic E-state index is 0.139. The smallest absolute Gasteiger partial charge is 0.226 e. The highest BCUT2D eigenvalue weighted by Crippen LogP contribution is 2.40. The molecule has 0 saturated carbocycles. The lowest BCUT2D eigenvalue weighted by atomic mass is 9.98. The Bertz CT molecular complexity index is 465. The molecule has 2 N–H and O–H groups in total. The summed E-state index contributed by atoms with van der Waals surface area (Å²) < 4.78 is 0. The number of para-hydroxylation sites is 1. The van der Waals surface area contributed by atoms with Crippen LogP contribution in [0.5, 0.6) is 0 Å². The van der Waals surface area contributed by atoms with E-state index in [1.807, 2.05) is 12.1 Å². The Morgan fingerprint density at radius 3 is 3.13 bits per heavy atom. The molecule has 0 radical (unpaired) electrons. The van der Waals surface area contributed by atoms with Crippen LogP contribution in [0.15, 0.2) is 24.3 Å². The summed E-state index contributed by atoms with van der Waals surface area (Å²) in [5.74, 6) is -0.363. The zero-order valence-corrected chi connectivity index (χ0v) is 8.31. The average molecular weight is 200 g/mol. The van der Waals surface area contributed by atoms with Gasteiger partial charge in [0, 0.05) is 18.8 Å². The van der Waals surface area contributed by atoms with Gasteiger partial charge in [-0.2, -0.15) is 0 Å². The summed E-state index contributed by atoms with van der Waals surface area (Å²) in [6.45, 7) is 1.61. The Hall–Kier alpha value is -1.77. The summed E-state index contributed by atoms with van der Waals surface area (Å²) in [7, 11) is 0. The molecule has 0 spiro atoms. The van der Waals surface area contributed by atoms with Gasteiger partial charge in [-0.15, -0.1) is 0 Å². The molecule has 76 valence electrons. The van der Waals surface area contributed by atoms with Gasteiger partial charge < -0.3 is 10.6 Å². The molecule has 15 heavy (non-hydrogen) atoms. The average Bonchev–Trinajstić information content (AvgIpc) is 2.61. The van der Waals surface area contributed by atoms with E-state index < -0.39 is 0 Å². The van der Waals surface area contributed by atoms with Crippen LogP contribution in [-0.4, -0.2) is 19.0 Å². The zero-order valence-electron chi connectivity index (χ0n) is 8.31. The van der Waals surface area contributed by atoms with E-state index in [-0.39, 0.29) is 11.8 Å². The van der Waals surface area contributed by atoms with Crippen LogP contribution < -0.4 is 10.6 Å². The van der Waals surface area contributed by atoms with Gasteiger partial charge in [0.1, 0.15) is 0 Å². The standard InChI is InChI=1S/C12H12N2O/c13-12(15)10-7-14-6-2-4-8-3-1-5-9(10)11(8)14/h1-5,10H,6-7H2,(H2,13,15). The van der Waals surface area contributed by atoms with Gasteiger partial charge in [0.25, 0.3) is 0 Å². The number of nitrogens with two attached hydrogens (primary N) is 1. The third-order valence-corrected chi connectivity index (χ3v) is 3.16. The van der Waals surface area contributed by atoms with Crippen molar-refractivity contribution >= 4 is 17.7 Å². The molecule has 0 aliphatic carbocycles. The van der Waals surface area contributed by atoms with Crippen LogP contribution in [0.1, 0.15) is 17.0 Å². The number of hydrogen-bond donors (Lipinski definition) is 1. The molecule has 0 aromatic heterocycles. The van der Waals surface area contributed by atoms with Gasteiger partial charge in [0.05, 0.1) is 5.92 Å². The lowest BCUT2D eigenvalue weighted by Gasteiger charge is -2.22. The predicted molar refractivity (Wildman–Crippen MR) is 59.6 cm³/mol. The number of carbonyl (C=O) groups is 1. The van der Waals surface area contributed by atoms with E-state index in [0.29, 0.717) is 0 Å². The molecular formula is C12H12N2O. The number of hydrogen-bond acceptors (Lipinski definition) is 2. The van der Waals surface area contributed by atoms with Gasteiger partial charge in [-0.05, 0) is 11.1 Å². The number of primary amides is 1. The van der Waals surface area contributed by atoms with Crippen molar-refractivity contribution in [2.75, 3.05) is 18.0 Å². The monoisotopic (exact) mass is 200 g/mol. The molecule has 2 aliphatic rings. The number of anilines is 1. The summed E-state index contributed by atoms with van der Waals surface area (Å²) in [6, 6.07) is 6.07. The third-order valence-electron chi connectivity index (χ3n) is 3.16. The molecule has 0 fully saturated rings. The molecule has 3 heteroatoms. The van der Waals surface area contributed by atoms with Crippen molar-refractivity contribution < 1.29 is 4.79 Å². The molecule has 1 amide bonds. The second-order valence-corrected chi connectivity index (χ2v) is 4.05. The fourth-order valence-corrected chi connectivity index (χ4v) is 2.49. The van der Waals surface area contributed by atoms with Crippen molar-refractivity contribution in [2.24, 2.45) is 5.73 Å². The van der Waals surface area contributed by atoms with Gasteiger partial charge in [0.15, 0.2) is 0 Å². The van der Waals surface area contributed by atoms with E-state index in [1.54, 1.807) is 0 Å². The SMILES string of the molecule is NC(=O)C1CN2CC=Cc3cccc1c32. The highest BCUT2D eigenvalue weighted by atomic mass is 16.1. The maximum Gasteiger partial charge on any atom is 0.226 e. The summed E-state index contributed by atoms with van der Waals surface area (Å²) in [5.41, 5.74) is 8.90. The van der Waals surface area contributed by atoms with Crippen molar-refractivity contribution in [1.82, 2.24) is 0 Å². The first-order valence-electron chi connectivity index (χ1n) is 5.11. The maximum absolute atomic E-state index is 11.3. The third kappa shape index (κ3) is 1.09. The Balaban J connectivity index is 2.20. The van der Waals surface area contributed by atoms with Crippen LogP contribution in [0, 0.1) is 0 Å². The van der Waals surface area contributed by atoms with Crippen LogP contribution in [0.25, 0.3) is 6.08 Å². The van der Waals surface area contributed by atoms with Crippen LogP contribution in [0.4, 0.5) is 5.69 Å². The lowest BCUT2D eigenvalue weighted by molar-refractivity contribution is -0.119. The predicted octanol–water partition coefficient (Wildman–Crippen LogP) is 1.10. The topological polar surface area (TPSA) is 46.3 Å². The first-order chi connectivity index (χ1) is 7.27. The second kappa shape index (κ2) is 2.86. The second-order valence-electron chi connectivity index (χ2n) is 4.05. The van der Waals surface area contributed by atoms with E-state index in [9.17, 15) is 4.79 Å². The minimum Gasteiger partial charge on any atom is -0.369 e. The normalized spacial score (nSPS) is 21.6. The zero-order chi connectivity index (χ0) is 10.4. The van der Waals surface area contributed by atoms with Crippen LogP contribution >= 0.6 is 0 Å². The largest absolute Gasteiger partial charge is 0.369 e. The number of rotatable bonds is 1. The van der Waals surface area contributed by atoms with Crippen LogP contribution in [0.3, 0.4) is 0 Å². The van der Waals surface area contributed by atoms with E-state index >= 15 is 0 Å². The molecule has 1 aromatic carbocycles. The Morgan fingerprint density at radius 1 is 1.47 bits per heavy atom. The summed E-state index contributed by atoms with van der Waals surface area (Å²) in [6.07, 6.45) is 4.23. The molecule has 1 unspecified atom stereocenters. The first-order valence-corrected chi connectivity index (χ1v) is 5.11. The van der Waals surface area contributed by atoms with Crippen molar-refractivity contribution in [1.29, 1.82) is 0 Å². The van der Waals surface area contributed by atoms with Crippen molar-refractivity contribution in [3.63, 3.8) is 0 Å². The minimum atomic E-state index is -0.224. The molecule has 1 atom stereocenters. The first kappa shape index (κ1) is 8.53. The number of amides is 1. The van der Waals surface area contributed by atoms with Gasteiger partial charge in [-0.3, -0.25) is 4.79 Å². The Labute approximate surface area is 88.2 Å². The summed E-state index contributed by atoms with van der Waals surface area (Å²) in [4.78, 5) is 13.6. The molecule has 3 nitrogen and oxygen atoms in total. The van der Waals surface area contributed by atoms with Gasteiger partial charge in [-0.25, -0.2) is 0 Å². The van der Waals surface area contributed by atoms with E-state index in [0.717, 1.165) is 18.7 Å². The highest BCUT2D eigenvalue weighted by Gasteiger charge is 2.33. The lowest BCUT2D eigenvalue weighted by Crippen LogP contribution is -2.29. The highest BCUT2D eigenvalue weighted by molar-refractivity contribution is 5.90. The molecule has 1 aromatic rings. The van der Waals surface area contributed by atoms with Crippen molar-refractivity contribution in [3.8, 4) is 0 Å². The molecule has 2 aliphatic heterocycles. The molecular weight excluding hydrogens is 188 g/mol. The van der Waals surface area contributed by atoms with Gasteiger partial charge >= 0.3 is 0 Å². The van der Waals surface area contributed by atoms with Gasteiger partial charge in [-0.1, -0.05) is 30.4 Å². The van der Waals surface area contributed by atoms with Crippen LogP contribution in [0.2, 0.25) is 0 Å². The molecule has 3 rings (SSSR count). The van der Waals surface area contributed by atoms with E-state index in [1.165, 1.54) is 11.3 Å². The summed E-state index contributed by atoms with van der Waals surface area (Å²) >= 11 is 0. The molecule has 2 heterocycles. The van der Waals surface area contributed by atoms with Crippen molar-refractivity contribution in [3.05, 3.63) is 35.4 Å². The quantitative estimate of drug-likeness (QED) is 0.738. The Kier molecular flexibility index (Phi) is 1.63. The fraction of sp³-hybridized carbons (Fsp3) is 0.250. The van der Waals surface area contributed by atoms with Crippen LogP contribution in [-0.2, 0) is 4.79 Å². The number of benzene rings is 1. The fourth-order valence-electron chi connectivity index (χ4n) is 2.49. The Morgan fingerprint density at radius 2 is 2.33 bits per heavy atom.